The van der Waals surface area contributed by atoms with Crippen LogP contribution < -0.4 is 4.90 Å². The molecule has 1 aromatic rings. The van der Waals surface area contributed by atoms with Crippen molar-refractivity contribution in [1.29, 1.82) is 0 Å². The van der Waals surface area contributed by atoms with E-state index < -0.39 is 0 Å². The molecule has 0 amide bonds. The molecule has 5 nitrogen and oxygen atoms in total. The van der Waals surface area contributed by atoms with Crippen LogP contribution in [0.3, 0.4) is 0 Å². The molecular weight excluding hydrogens is 246 g/mol. The van der Waals surface area contributed by atoms with Crippen LogP contribution in [0.15, 0.2) is 0 Å². The summed E-state index contributed by atoms with van der Waals surface area (Å²) >= 11 is 5.22. The molecule has 2 heterocycles. The van der Waals surface area contributed by atoms with Crippen LogP contribution in [0.5, 0.6) is 0 Å². The summed E-state index contributed by atoms with van der Waals surface area (Å²) in [6.45, 7) is 6.44. The van der Waals surface area contributed by atoms with Crippen molar-refractivity contribution < 1.29 is 0 Å². The first-order valence-electron chi connectivity index (χ1n) is 6.66. The van der Waals surface area contributed by atoms with Crippen molar-refractivity contribution in [3.05, 3.63) is 4.77 Å². The molecule has 0 spiro atoms. The van der Waals surface area contributed by atoms with E-state index in [9.17, 15) is 0 Å². The number of hydrogen-bond acceptors (Lipinski definition) is 4. The number of nitrogens with one attached hydrogen (secondary N) is 1. The van der Waals surface area contributed by atoms with Gasteiger partial charge < -0.3 is 9.80 Å². The quantitative estimate of drug-likeness (QED) is 0.845. The standard InChI is InChI=1S/C12H23N5S/c1-4-17-11(13-14-12(17)18)16(3)9-10-5-7-15(2)8-6-10/h10H,4-9H2,1-3H3,(H,14,18). The Morgan fingerprint density at radius 1 is 1.44 bits per heavy atom. The molecule has 1 aromatic heterocycles. The number of hydrogen-bond donors (Lipinski definition) is 1. The normalized spacial score (nSPS) is 18.2. The minimum absolute atomic E-state index is 0.711. The molecule has 1 N–H and O–H groups in total. The van der Waals surface area contributed by atoms with E-state index >= 15 is 0 Å². The Morgan fingerprint density at radius 3 is 2.72 bits per heavy atom. The van der Waals surface area contributed by atoms with Gasteiger partial charge in [0.15, 0.2) is 4.77 Å². The molecular formula is C12H23N5S. The van der Waals surface area contributed by atoms with E-state index in [1.807, 2.05) is 4.57 Å². The third-order valence-corrected chi connectivity index (χ3v) is 4.08. The summed E-state index contributed by atoms with van der Waals surface area (Å²) in [4.78, 5) is 4.63. The smallest absolute Gasteiger partial charge is 0.225 e. The van der Waals surface area contributed by atoms with Gasteiger partial charge in [0.2, 0.25) is 5.95 Å². The Hall–Kier alpha value is -0.880. The zero-order chi connectivity index (χ0) is 13.1. The zero-order valence-electron chi connectivity index (χ0n) is 11.5. The molecule has 0 atom stereocenters. The Labute approximate surface area is 114 Å². The van der Waals surface area contributed by atoms with Gasteiger partial charge in [0.25, 0.3) is 0 Å². The van der Waals surface area contributed by atoms with Crippen molar-refractivity contribution in [1.82, 2.24) is 19.7 Å². The summed E-state index contributed by atoms with van der Waals surface area (Å²) in [6, 6.07) is 0. The lowest BCUT2D eigenvalue weighted by Gasteiger charge is -2.31. The lowest BCUT2D eigenvalue weighted by atomic mass is 9.97. The van der Waals surface area contributed by atoms with Gasteiger partial charge in [-0.2, -0.15) is 0 Å². The second kappa shape index (κ2) is 5.84. The highest BCUT2D eigenvalue weighted by atomic mass is 32.1. The SMILES string of the molecule is CCn1c(N(C)CC2CCN(C)CC2)n[nH]c1=S. The maximum absolute atomic E-state index is 5.22. The highest BCUT2D eigenvalue weighted by molar-refractivity contribution is 7.71. The lowest BCUT2D eigenvalue weighted by molar-refractivity contribution is 0.222. The number of H-pyrrole nitrogens is 1. The molecule has 1 aliphatic rings. The molecule has 1 fully saturated rings. The van der Waals surface area contributed by atoms with E-state index in [1.165, 1.54) is 25.9 Å². The van der Waals surface area contributed by atoms with Gasteiger partial charge in [-0.15, -0.1) is 5.10 Å². The van der Waals surface area contributed by atoms with Crippen LogP contribution in [0.1, 0.15) is 19.8 Å². The number of piperidine rings is 1. The first kappa shape index (κ1) is 13.5. The van der Waals surface area contributed by atoms with Gasteiger partial charge in [-0.05, 0) is 58.0 Å². The molecule has 18 heavy (non-hydrogen) atoms. The summed E-state index contributed by atoms with van der Waals surface area (Å²) in [5.74, 6) is 1.73. The number of anilines is 1. The van der Waals surface area contributed by atoms with Crippen LogP contribution in [-0.4, -0.2) is 53.4 Å². The molecule has 0 saturated carbocycles. The fraction of sp³-hybridized carbons (Fsp3) is 0.833. The van der Waals surface area contributed by atoms with Crippen LogP contribution in [0.2, 0.25) is 0 Å². The van der Waals surface area contributed by atoms with Crippen molar-refractivity contribution >= 4 is 18.2 Å². The highest BCUT2D eigenvalue weighted by Crippen LogP contribution is 2.19. The molecule has 0 aromatic carbocycles. The van der Waals surface area contributed by atoms with Gasteiger partial charge in [0.05, 0.1) is 0 Å². The van der Waals surface area contributed by atoms with E-state index in [0.717, 1.165) is 25.0 Å². The van der Waals surface area contributed by atoms with Crippen LogP contribution in [0, 0.1) is 10.7 Å². The molecule has 2 rings (SSSR count). The van der Waals surface area contributed by atoms with E-state index in [-0.39, 0.29) is 0 Å². The minimum atomic E-state index is 0.711. The van der Waals surface area contributed by atoms with Gasteiger partial charge >= 0.3 is 0 Å². The molecule has 1 saturated heterocycles. The zero-order valence-corrected chi connectivity index (χ0v) is 12.3. The van der Waals surface area contributed by atoms with Crippen molar-refractivity contribution in [2.75, 3.05) is 38.6 Å². The highest BCUT2D eigenvalue weighted by Gasteiger charge is 2.20. The third kappa shape index (κ3) is 2.92. The second-order valence-corrected chi connectivity index (χ2v) is 5.59. The fourth-order valence-corrected chi connectivity index (χ4v) is 2.86. The number of nitrogens with zero attached hydrogens (tertiary/aromatic N) is 4. The summed E-state index contributed by atoms with van der Waals surface area (Å²) in [5.41, 5.74) is 0. The Kier molecular flexibility index (Phi) is 4.40. The van der Waals surface area contributed by atoms with Crippen LogP contribution in [0.4, 0.5) is 5.95 Å². The number of likely N-dealkylation sites (tertiary alicyclic amines) is 1. The fourth-order valence-electron chi connectivity index (χ4n) is 2.60. The molecule has 0 aliphatic carbocycles. The van der Waals surface area contributed by atoms with Gasteiger partial charge in [0, 0.05) is 20.1 Å². The van der Waals surface area contributed by atoms with Gasteiger partial charge in [-0.1, -0.05) is 0 Å². The summed E-state index contributed by atoms with van der Waals surface area (Å²) in [7, 11) is 4.30. The van der Waals surface area contributed by atoms with Crippen LogP contribution in [-0.2, 0) is 6.54 Å². The largest absolute Gasteiger partial charge is 0.344 e. The first-order chi connectivity index (χ1) is 8.61. The maximum atomic E-state index is 5.22. The predicted octanol–water partition coefficient (Wildman–Crippen LogP) is 1.74. The molecule has 6 heteroatoms. The van der Waals surface area contributed by atoms with E-state index in [1.54, 1.807) is 0 Å². The molecule has 0 bridgehead atoms. The summed E-state index contributed by atoms with van der Waals surface area (Å²) in [6.07, 6.45) is 2.55. The van der Waals surface area contributed by atoms with Crippen molar-refractivity contribution in [2.45, 2.75) is 26.3 Å². The van der Waals surface area contributed by atoms with Gasteiger partial charge in [-0.25, -0.2) is 5.10 Å². The Balaban J connectivity index is 1.99. The molecule has 1 aliphatic heterocycles. The van der Waals surface area contributed by atoms with E-state index in [2.05, 4.69) is 41.0 Å². The minimum Gasteiger partial charge on any atom is -0.344 e. The van der Waals surface area contributed by atoms with Crippen molar-refractivity contribution in [3.63, 3.8) is 0 Å². The Morgan fingerprint density at radius 2 is 2.11 bits per heavy atom. The van der Waals surface area contributed by atoms with E-state index in [0.29, 0.717) is 4.77 Å². The first-order valence-corrected chi connectivity index (χ1v) is 7.07. The van der Waals surface area contributed by atoms with Gasteiger partial charge in [0.1, 0.15) is 0 Å². The second-order valence-electron chi connectivity index (χ2n) is 5.20. The van der Waals surface area contributed by atoms with Crippen molar-refractivity contribution in [2.24, 2.45) is 5.92 Å². The summed E-state index contributed by atoms with van der Waals surface area (Å²) in [5, 5.41) is 7.21. The third-order valence-electron chi connectivity index (χ3n) is 3.77. The summed E-state index contributed by atoms with van der Waals surface area (Å²) < 4.78 is 2.76. The van der Waals surface area contributed by atoms with Gasteiger partial charge in [-0.3, -0.25) is 4.57 Å². The van der Waals surface area contributed by atoms with Crippen molar-refractivity contribution in [3.8, 4) is 0 Å². The number of rotatable bonds is 4. The molecule has 0 unspecified atom stereocenters. The van der Waals surface area contributed by atoms with E-state index in [4.69, 9.17) is 12.2 Å². The molecule has 0 radical (unpaired) electrons. The average molecular weight is 269 g/mol. The predicted molar refractivity (Wildman–Crippen MR) is 76.6 cm³/mol. The maximum Gasteiger partial charge on any atom is 0.225 e. The van der Waals surface area contributed by atoms with Crippen LogP contribution >= 0.6 is 12.2 Å². The topological polar surface area (TPSA) is 40.1 Å². The number of aromatic amines is 1. The van der Waals surface area contributed by atoms with Crippen LogP contribution in [0.25, 0.3) is 0 Å². The number of aromatic nitrogens is 3. The average Bonchev–Trinajstić information content (AvgIpc) is 2.73. The Bertz CT molecular complexity index is 430. The lowest BCUT2D eigenvalue weighted by Crippen LogP contribution is -2.36. The monoisotopic (exact) mass is 269 g/mol. The molecule has 102 valence electrons.